The molecule has 3 heteroatoms. The molecule has 1 aromatic rings. The molecule has 0 amide bonds. The fourth-order valence-electron chi connectivity index (χ4n) is 1.59. The average molecular weight is 271 g/mol. The second kappa shape index (κ2) is 4.99. The highest BCUT2D eigenvalue weighted by atomic mass is 79.9. The Hall–Kier alpha value is -0.540. The van der Waals surface area contributed by atoms with Gasteiger partial charge in [0.25, 0.3) is 0 Å². The Kier molecular flexibility index (Phi) is 3.65. The molecule has 0 unspecified atom stereocenters. The van der Waals surface area contributed by atoms with Crippen molar-refractivity contribution in [2.24, 2.45) is 0 Å². The Morgan fingerprint density at radius 2 is 2.20 bits per heavy atom. The predicted octanol–water partition coefficient (Wildman–Crippen LogP) is 2.92. The van der Waals surface area contributed by atoms with Crippen LogP contribution in [0, 0.1) is 0 Å². The molecule has 0 radical (unpaired) electrons. The van der Waals surface area contributed by atoms with Crippen LogP contribution in [0.5, 0.6) is 5.75 Å². The molecule has 0 bridgehead atoms. The van der Waals surface area contributed by atoms with E-state index in [2.05, 4.69) is 15.9 Å². The Bertz CT molecular complexity index is 334. The van der Waals surface area contributed by atoms with Crippen LogP contribution in [0.15, 0.2) is 22.7 Å². The monoisotopic (exact) mass is 270 g/mol. The fourth-order valence-corrected chi connectivity index (χ4v) is 2.11. The maximum absolute atomic E-state index is 8.83. The topological polar surface area (TPSA) is 29.5 Å². The first kappa shape index (κ1) is 11.0. The highest BCUT2D eigenvalue weighted by molar-refractivity contribution is 9.10. The first-order valence-corrected chi connectivity index (χ1v) is 6.15. The third-order valence-electron chi connectivity index (χ3n) is 2.74. The minimum absolute atomic E-state index is 0.190. The van der Waals surface area contributed by atoms with Gasteiger partial charge in [0.1, 0.15) is 5.75 Å². The van der Waals surface area contributed by atoms with Gasteiger partial charge in [-0.15, -0.1) is 0 Å². The van der Waals surface area contributed by atoms with Crippen LogP contribution >= 0.6 is 15.9 Å². The highest BCUT2D eigenvalue weighted by Gasteiger charge is 2.19. The number of ether oxygens (including phenoxy) is 1. The standard InChI is InChI=1S/C12H15BrO2/c13-11-8-9(6-7-14)4-5-12(11)15-10-2-1-3-10/h4-5,8,10,14H,1-3,6-7H2. The number of hydrogen-bond donors (Lipinski definition) is 1. The van der Waals surface area contributed by atoms with Crippen LogP contribution in [0.25, 0.3) is 0 Å². The summed E-state index contributed by atoms with van der Waals surface area (Å²) in [7, 11) is 0. The van der Waals surface area contributed by atoms with Gasteiger partial charge in [-0.05, 0) is 59.3 Å². The summed E-state index contributed by atoms with van der Waals surface area (Å²) in [5.41, 5.74) is 1.13. The quantitative estimate of drug-likeness (QED) is 0.912. The van der Waals surface area contributed by atoms with E-state index < -0.39 is 0 Å². The van der Waals surface area contributed by atoms with E-state index in [1.54, 1.807) is 0 Å². The second-order valence-corrected chi connectivity index (χ2v) is 4.76. The van der Waals surface area contributed by atoms with Gasteiger partial charge >= 0.3 is 0 Å². The van der Waals surface area contributed by atoms with Crippen LogP contribution in [0.2, 0.25) is 0 Å². The van der Waals surface area contributed by atoms with Gasteiger partial charge in [0.05, 0.1) is 10.6 Å². The summed E-state index contributed by atoms with van der Waals surface area (Å²) < 4.78 is 6.79. The van der Waals surface area contributed by atoms with E-state index in [0.717, 1.165) is 15.8 Å². The lowest BCUT2D eigenvalue weighted by Gasteiger charge is -2.27. The van der Waals surface area contributed by atoms with Crippen LogP contribution in [0.3, 0.4) is 0 Å². The summed E-state index contributed by atoms with van der Waals surface area (Å²) in [6.45, 7) is 0.190. The molecule has 0 atom stereocenters. The van der Waals surface area contributed by atoms with Crippen molar-refractivity contribution in [3.05, 3.63) is 28.2 Å². The number of benzene rings is 1. The molecule has 2 nitrogen and oxygen atoms in total. The van der Waals surface area contributed by atoms with E-state index in [1.165, 1.54) is 19.3 Å². The van der Waals surface area contributed by atoms with Gasteiger partial charge in [0.15, 0.2) is 0 Å². The van der Waals surface area contributed by atoms with Gasteiger partial charge in [0, 0.05) is 6.61 Å². The van der Waals surface area contributed by atoms with Crippen LogP contribution < -0.4 is 4.74 Å². The SMILES string of the molecule is OCCc1ccc(OC2CCC2)c(Br)c1. The van der Waals surface area contributed by atoms with E-state index in [-0.39, 0.29) is 6.61 Å². The molecular formula is C12H15BrO2. The molecule has 1 saturated carbocycles. The Labute approximate surface area is 98.4 Å². The van der Waals surface area contributed by atoms with Crippen LogP contribution in [0.4, 0.5) is 0 Å². The van der Waals surface area contributed by atoms with Crippen LogP contribution in [-0.2, 0) is 6.42 Å². The zero-order valence-corrected chi connectivity index (χ0v) is 10.2. The summed E-state index contributed by atoms with van der Waals surface area (Å²) in [4.78, 5) is 0. The maximum atomic E-state index is 8.83. The van der Waals surface area contributed by atoms with Gasteiger partial charge in [-0.2, -0.15) is 0 Å². The zero-order valence-electron chi connectivity index (χ0n) is 8.58. The maximum Gasteiger partial charge on any atom is 0.133 e. The normalized spacial score (nSPS) is 16.1. The molecule has 1 N–H and O–H groups in total. The molecule has 0 saturated heterocycles. The van der Waals surface area contributed by atoms with E-state index in [0.29, 0.717) is 12.5 Å². The molecule has 0 aromatic heterocycles. The van der Waals surface area contributed by atoms with E-state index in [1.807, 2.05) is 18.2 Å². The Balaban J connectivity index is 2.04. The second-order valence-electron chi connectivity index (χ2n) is 3.91. The van der Waals surface area contributed by atoms with Crippen molar-refractivity contribution in [2.45, 2.75) is 31.8 Å². The van der Waals surface area contributed by atoms with Gasteiger partial charge in [0.2, 0.25) is 0 Å². The number of hydrogen-bond acceptors (Lipinski definition) is 2. The van der Waals surface area contributed by atoms with Crippen molar-refractivity contribution in [1.82, 2.24) is 0 Å². The third kappa shape index (κ3) is 2.73. The van der Waals surface area contributed by atoms with E-state index in [4.69, 9.17) is 9.84 Å². The van der Waals surface area contributed by atoms with E-state index >= 15 is 0 Å². The van der Waals surface area contributed by atoms with Gasteiger partial charge < -0.3 is 9.84 Å². The average Bonchev–Trinajstić information content (AvgIpc) is 2.14. The molecule has 15 heavy (non-hydrogen) atoms. The van der Waals surface area contributed by atoms with Crippen LogP contribution in [-0.4, -0.2) is 17.8 Å². The van der Waals surface area contributed by atoms with Crippen molar-refractivity contribution in [1.29, 1.82) is 0 Å². The summed E-state index contributed by atoms with van der Waals surface area (Å²) >= 11 is 3.49. The lowest BCUT2D eigenvalue weighted by atomic mass is 9.96. The molecule has 0 spiro atoms. The molecule has 0 heterocycles. The molecule has 1 aliphatic carbocycles. The molecule has 82 valence electrons. The molecule has 2 rings (SSSR count). The smallest absolute Gasteiger partial charge is 0.133 e. The van der Waals surface area contributed by atoms with Crippen molar-refractivity contribution in [3.63, 3.8) is 0 Å². The fraction of sp³-hybridized carbons (Fsp3) is 0.500. The van der Waals surface area contributed by atoms with E-state index in [9.17, 15) is 0 Å². The summed E-state index contributed by atoms with van der Waals surface area (Å²) in [6, 6.07) is 6.01. The number of rotatable bonds is 4. The molecular weight excluding hydrogens is 256 g/mol. The van der Waals surface area contributed by atoms with Crippen molar-refractivity contribution in [3.8, 4) is 5.75 Å². The first-order chi connectivity index (χ1) is 7.29. The van der Waals surface area contributed by atoms with Crippen LogP contribution in [0.1, 0.15) is 24.8 Å². The lowest BCUT2D eigenvalue weighted by Crippen LogP contribution is -2.24. The molecule has 0 aliphatic heterocycles. The summed E-state index contributed by atoms with van der Waals surface area (Å²) in [5, 5.41) is 8.83. The number of aliphatic hydroxyl groups is 1. The minimum atomic E-state index is 0.190. The summed E-state index contributed by atoms with van der Waals surface area (Å²) in [5.74, 6) is 0.918. The Morgan fingerprint density at radius 3 is 2.73 bits per heavy atom. The predicted molar refractivity (Wildman–Crippen MR) is 63.2 cm³/mol. The number of aliphatic hydroxyl groups excluding tert-OH is 1. The highest BCUT2D eigenvalue weighted by Crippen LogP contribution is 2.31. The minimum Gasteiger partial charge on any atom is -0.489 e. The van der Waals surface area contributed by atoms with Gasteiger partial charge in [-0.25, -0.2) is 0 Å². The molecule has 1 aromatic carbocycles. The van der Waals surface area contributed by atoms with Crippen molar-refractivity contribution >= 4 is 15.9 Å². The van der Waals surface area contributed by atoms with Gasteiger partial charge in [-0.1, -0.05) is 6.07 Å². The largest absolute Gasteiger partial charge is 0.489 e. The Morgan fingerprint density at radius 1 is 1.40 bits per heavy atom. The lowest BCUT2D eigenvalue weighted by molar-refractivity contribution is 0.119. The zero-order chi connectivity index (χ0) is 10.7. The third-order valence-corrected chi connectivity index (χ3v) is 3.36. The first-order valence-electron chi connectivity index (χ1n) is 5.35. The van der Waals surface area contributed by atoms with Gasteiger partial charge in [-0.3, -0.25) is 0 Å². The molecule has 1 aliphatic rings. The van der Waals surface area contributed by atoms with Crippen molar-refractivity contribution in [2.75, 3.05) is 6.61 Å². The molecule has 1 fully saturated rings. The summed E-state index contributed by atoms with van der Waals surface area (Å²) in [6.07, 6.45) is 4.73. The van der Waals surface area contributed by atoms with Crippen molar-refractivity contribution < 1.29 is 9.84 Å². The number of halogens is 1.